The Morgan fingerprint density at radius 3 is 2.46 bits per heavy atom. The van der Waals surface area contributed by atoms with Crippen molar-refractivity contribution in [2.75, 3.05) is 5.32 Å². The number of hydrogen-bond acceptors (Lipinski definition) is 6. The molecule has 3 aromatic heterocycles. The summed E-state index contributed by atoms with van der Waals surface area (Å²) in [6.45, 7) is 7.17. The van der Waals surface area contributed by atoms with Crippen molar-refractivity contribution in [1.82, 2.24) is 29.3 Å². The quantitative estimate of drug-likeness (QED) is 0.302. The smallest absolute Gasteiger partial charge is 0.312 e. The topological polar surface area (TPSA) is 126 Å². The van der Waals surface area contributed by atoms with Crippen molar-refractivity contribution in [3.63, 3.8) is 0 Å². The van der Waals surface area contributed by atoms with E-state index >= 15 is 0 Å². The molecule has 11 nitrogen and oxygen atoms in total. The second-order valence-electron chi connectivity index (χ2n) is 8.05. The molecule has 3 heterocycles. The summed E-state index contributed by atoms with van der Waals surface area (Å²) in [7, 11) is 0. The van der Waals surface area contributed by atoms with Crippen molar-refractivity contribution >= 4 is 28.9 Å². The van der Waals surface area contributed by atoms with Gasteiger partial charge in [-0.25, -0.2) is 9.07 Å². The fraction of sp³-hybridized carbons (Fsp3) is 0.273. The first kappa shape index (κ1) is 24.1. The number of halogens is 2. The minimum Gasteiger partial charge on any atom is -0.317 e. The lowest BCUT2D eigenvalue weighted by Gasteiger charge is -2.08. The van der Waals surface area contributed by atoms with Crippen LogP contribution >= 0.6 is 11.6 Å². The van der Waals surface area contributed by atoms with Gasteiger partial charge in [-0.2, -0.15) is 15.3 Å². The first-order chi connectivity index (χ1) is 16.5. The molecule has 0 saturated carbocycles. The van der Waals surface area contributed by atoms with Crippen LogP contribution in [0.25, 0.3) is 0 Å². The van der Waals surface area contributed by atoms with Gasteiger partial charge in [-0.3, -0.25) is 24.3 Å². The van der Waals surface area contributed by atoms with Gasteiger partial charge in [-0.05, 0) is 51.5 Å². The minimum absolute atomic E-state index is 0.0417. The summed E-state index contributed by atoms with van der Waals surface area (Å²) in [6.07, 6.45) is 1.59. The zero-order chi connectivity index (χ0) is 25.4. The lowest BCUT2D eigenvalue weighted by Crippen LogP contribution is -2.16. The number of aromatic nitrogens is 6. The third-order valence-electron chi connectivity index (χ3n) is 5.63. The Balaban J connectivity index is 1.49. The maximum atomic E-state index is 13.3. The second-order valence-corrected chi connectivity index (χ2v) is 8.46. The van der Waals surface area contributed by atoms with Crippen molar-refractivity contribution in [3.05, 3.63) is 85.4 Å². The van der Waals surface area contributed by atoms with Gasteiger partial charge in [0.15, 0.2) is 5.69 Å². The molecule has 182 valence electrons. The van der Waals surface area contributed by atoms with Crippen molar-refractivity contribution in [2.45, 2.75) is 40.9 Å². The Bertz CT molecular complexity index is 1460. The molecule has 0 spiro atoms. The summed E-state index contributed by atoms with van der Waals surface area (Å²) in [6, 6.07) is 5.71. The van der Waals surface area contributed by atoms with Crippen LogP contribution in [0.15, 0.2) is 30.5 Å². The third kappa shape index (κ3) is 4.78. The third-order valence-corrected chi connectivity index (χ3v) is 5.99. The number of nitro groups is 1. The number of nitrogens with one attached hydrogen (secondary N) is 1. The van der Waals surface area contributed by atoms with E-state index in [4.69, 9.17) is 11.6 Å². The number of hydrogen-bond donors (Lipinski definition) is 1. The zero-order valence-electron chi connectivity index (χ0n) is 19.4. The molecule has 0 aliphatic carbocycles. The number of nitrogens with zero attached hydrogens (tertiary/aromatic N) is 7. The number of anilines is 1. The van der Waals surface area contributed by atoms with E-state index in [0.717, 1.165) is 0 Å². The number of benzene rings is 1. The Hall–Kier alpha value is -4.06. The van der Waals surface area contributed by atoms with Gasteiger partial charge in [0.05, 0.1) is 28.5 Å². The summed E-state index contributed by atoms with van der Waals surface area (Å²) in [5, 5.41) is 27.3. The first-order valence-electron chi connectivity index (χ1n) is 10.6. The zero-order valence-corrected chi connectivity index (χ0v) is 20.2. The predicted molar refractivity (Wildman–Crippen MR) is 126 cm³/mol. The number of carbonyl (C=O) groups excluding carboxylic acids is 1. The van der Waals surface area contributed by atoms with Crippen LogP contribution in [0.2, 0.25) is 5.02 Å². The molecular formula is C22H22ClFN8O3. The Kier molecular flexibility index (Phi) is 6.39. The minimum atomic E-state index is -0.467. The molecule has 4 aromatic rings. The fourth-order valence-electron chi connectivity index (χ4n) is 3.81. The van der Waals surface area contributed by atoms with E-state index in [2.05, 4.69) is 20.6 Å². The summed E-state index contributed by atoms with van der Waals surface area (Å²) in [4.78, 5) is 23.6. The van der Waals surface area contributed by atoms with Crippen LogP contribution in [-0.4, -0.2) is 40.2 Å². The van der Waals surface area contributed by atoms with E-state index in [-0.39, 0.29) is 18.1 Å². The molecule has 0 radical (unpaired) electrons. The molecule has 0 unspecified atom stereocenters. The van der Waals surface area contributed by atoms with Crippen LogP contribution in [0.5, 0.6) is 0 Å². The highest BCUT2D eigenvalue weighted by Gasteiger charge is 2.22. The largest absolute Gasteiger partial charge is 0.317 e. The molecule has 0 bridgehead atoms. The molecule has 0 fully saturated rings. The molecular weight excluding hydrogens is 479 g/mol. The number of aryl methyl sites for hydroxylation is 2. The second kappa shape index (κ2) is 9.29. The molecule has 1 N–H and O–H groups in total. The highest BCUT2D eigenvalue weighted by atomic mass is 35.5. The molecule has 1 aromatic carbocycles. The van der Waals surface area contributed by atoms with E-state index in [1.165, 1.54) is 21.5 Å². The summed E-state index contributed by atoms with van der Waals surface area (Å²) < 4.78 is 17.9. The predicted octanol–water partition coefficient (Wildman–Crippen LogP) is 4.02. The van der Waals surface area contributed by atoms with Gasteiger partial charge in [-0.15, -0.1) is 0 Å². The summed E-state index contributed by atoms with van der Waals surface area (Å²) in [5.41, 5.74) is 3.36. The van der Waals surface area contributed by atoms with Crippen molar-refractivity contribution < 1.29 is 14.1 Å². The van der Waals surface area contributed by atoms with E-state index in [1.54, 1.807) is 50.7 Å². The number of carbonyl (C=O) groups is 1. The highest BCUT2D eigenvalue weighted by molar-refractivity contribution is 6.31. The van der Waals surface area contributed by atoms with Gasteiger partial charge >= 0.3 is 5.69 Å². The highest BCUT2D eigenvalue weighted by Crippen LogP contribution is 2.24. The van der Waals surface area contributed by atoms with Crippen LogP contribution in [0.4, 0.5) is 15.8 Å². The molecule has 0 saturated heterocycles. The maximum absolute atomic E-state index is 13.3. The van der Waals surface area contributed by atoms with Gasteiger partial charge < -0.3 is 5.32 Å². The monoisotopic (exact) mass is 500 g/mol. The average molecular weight is 501 g/mol. The Morgan fingerprint density at radius 2 is 1.80 bits per heavy atom. The Labute approximate surface area is 204 Å². The molecule has 1 amide bonds. The van der Waals surface area contributed by atoms with Crippen LogP contribution in [0.3, 0.4) is 0 Å². The number of rotatable bonds is 7. The first-order valence-corrected chi connectivity index (χ1v) is 10.9. The molecule has 0 aliphatic heterocycles. The van der Waals surface area contributed by atoms with E-state index in [1.807, 2.05) is 0 Å². The summed E-state index contributed by atoms with van der Waals surface area (Å²) >= 11 is 6.14. The SMILES string of the molecule is Cc1nn(Cc2ccc(F)cc2Cl)c(C)c1NC(=O)c1ccn(Cn2nc(C)c([N+](=O)[O-])c2C)n1. The van der Waals surface area contributed by atoms with E-state index in [0.29, 0.717) is 45.6 Å². The van der Waals surface area contributed by atoms with Crippen LogP contribution in [-0.2, 0) is 13.2 Å². The van der Waals surface area contributed by atoms with Crippen LogP contribution < -0.4 is 5.32 Å². The molecule has 0 aliphatic rings. The lowest BCUT2D eigenvalue weighted by atomic mass is 10.2. The van der Waals surface area contributed by atoms with Crippen LogP contribution in [0, 0.1) is 43.6 Å². The fourth-order valence-corrected chi connectivity index (χ4v) is 4.04. The number of amides is 1. The van der Waals surface area contributed by atoms with Crippen molar-refractivity contribution in [3.8, 4) is 0 Å². The maximum Gasteiger partial charge on any atom is 0.312 e. The average Bonchev–Trinajstić information content (AvgIpc) is 3.43. The normalized spacial score (nSPS) is 11.1. The molecule has 0 atom stereocenters. The lowest BCUT2D eigenvalue weighted by molar-refractivity contribution is -0.386. The van der Waals surface area contributed by atoms with Gasteiger partial charge in [0.25, 0.3) is 5.91 Å². The van der Waals surface area contributed by atoms with Gasteiger partial charge in [0.1, 0.15) is 23.9 Å². The van der Waals surface area contributed by atoms with E-state index in [9.17, 15) is 19.3 Å². The van der Waals surface area contributed by atoms with E-state index < -0.39 is 16.6 Å². The van der Waals surface area contributed by atoms with Gasteiger partial charge in [0, 0.05) is 11.2 Å². The standard InChI is InChI=1S/C22H22ClFN8O3/c1-12-20(14(3)30(26-12)10-16-5-6-17(24)9-18(16)23)25-22(33)19-7-8-29(28-19)11-31-15(4)21(32(34)35)13(2)27-31/h5-9H,10-11H2,1-4H3,(H,25,33). The van der Waals surface area contributed by atoms with Gasteiger partial charge in [0.2, 0.25) is 0 Å². The van der Waals surface area contributed by atoms with Crippen LogP contribution in [0.1, 0.15) is 38.8 Å². The molecule has 4 rings (SSSR count). The Morgan fingerprint density at radius 1 is 1.09 bits per heavy atom. The molecule has 13 heteroatoms. The summed E-state index contributed by atoms with van der Waals surface area (Å²) in [5.74, 6) is -0.857. The van der Waals surface area contributed by atoms with Crippen molar-refractivity contribution in [2.24, 2.45) is 0 Å². The molecule has 35 heavy (non-hydrogen) atoms. The van der Waals surface area contributed by atoms with Crippen molar-refractivity contribution in [1.29, 1.82) is 0 Å². The van der Waals surface area contributed by atoms with Gasteiger partial charge in [-0.1, -0.05) is 17.7 Å².